The van der Waals surface area contributed by atoms with Gasteiger partial charge in [0.15, 0.2) is 0 Å². The maximum absolute atomic E-state index is 11.1. The topological polar surface area (TPSA) is 57.6 Å². The fraction of sp³-hybridized carbons (Fsp3) is 0.833. The third-order valence-electron chi connectivity index (χ3n) is 3.36. The Bertz CT molecular complexity index is 276. The highest BCUT2D eigenvalue weighted by Gasteiger charge is 2.32. The first-order valence-electron chi connectivity index (χ1n) is 5.78. The summed E-state index contributed by atoms with van der Waals surface area (Å²) in [5.74, 6) is -0.437. The molecular formula is C12H21NO3. The second kappa shape index (κ2) is 4.95. The smallest absolute Gasteiger partial charge is 0.310 e. The largest absolute Gasteiger partial charge is 0.481 e. The van der Waals surface area contributed by atoms with Gasteiger partial charge in [-0.3, -0.25) is 9.59 Å². The molecule has 1 aliphatic carbocycles. The first-order chi connectivity index (χ1) is 7.33. The summed E-state index contributed by atoms with van der Waals surface area (Å²) < 4.78 is 0. The monoisotopic (exact) mass is 227 g/mol. The first-order valence-corrected chi connectivity index (χ1v) is 5.78. The van der Waals surface area contributed by atoms with Gasteiger partial charge in [-0.15, -0.1) is 0 Å². The molecule has 0 amide bonds. The van der Waals surface area contributed by atoms with Crippen LogP contribution in [0.3, 0.4) is 0 Å². The number of nitrogens with zero attached hydrogens (tertiary/aromatic N) is 1. The molecule has 4 heteroatoms. The number of rotatable bonds is 4. The van der Waals surface area contributed by atoms with Crippen LogP contribution in [0.2, 0.25) is 0 Å². The van der Waals surface area contributed by atoms with E-state index in [1.165, 1.54) is 0 Å². The zero-order chi connectivity index (χ0) is 12.3. The van der Waals surface area contributed by atoms with Crippen molar-refractivity contribution in [3.63, 3.8) is 0 Å². The summed E-state index contributed by atoms with van der Waals surface area (Å²) in [5.41, 5.74) is -0.726. The lowest BCUT2D eigenvalue weighted by Crippen LogP contribution is -2.43. The highest BCUT2D eigenvalue weighted by Crippen LogP contribution is 2.24. The fourth-order valence-electron chi connectivity index (χ4n) is 2.19. The molecule has 0 unspecified atom stereocenters. The molecule has 4 nitrogen and oxygen atoms in total. The molecule has 0 radical (unpaired) electrons. The van der Waals surface area contributed by atoms with Crippen molar-refractivity contribution in [2.75, 3.05) is 13.6 Å². The van der Waals surface area contributed by atoms with Crippen molar-refractivity contribution in [2.24, 2.45) is 5.41 Å². The molecule has 0 aromatic rings. The van der Waals surface area contributed by atoms with Crippen LogP contribution in [0, 0.1) is 5.41 Å². The second-order valence-corrected chi connectivity index (χ2v) is 5.37. The van der Waals surface area contributed by atoms with E-state index in [-0.39, 0.29) is 0 Å². The van der Waals surface area contributed by atoms with E-state index in [1.54, 1.807) is 13.8 Å². The molecule has 0 aromatic heterocycles. The van der Waals surface area contributed by atoms with Crippen LogP contribution in [0.1, 0.15) is 39.5 Å². The number of carboxylic acids is 1. The Morgan fingerprint density at radius 3 is 2.38 bits per heavy atom. The van der Waals surface area contributed by atoms with Crippen LogP contribution in [-0.2, 0) is 9.59 Å². The summed E-state index contributed by atoms with van der Waals surface area (Å²) in [5, 5.41) is 9.05. The predicted octanol–water partition coefficient (Wildman–Crippen LogP) is 1.54. The van der Waals surface area contributed by atoms with Crippen LogP contribution in [0.5, 0.6) is 0 Å². The molecule has 92 valence electrons. The lowest BCUT2D eigenvalue weighted by molar-refractivity contribution is -0.148. The Labute approximate surface area is 96.6 Å². The molecule has 1 saturated carbocycles. The minimum Gasteiger partial charge on any atom is -0.481 e. The summed E-state index contributed by atoms with van der Waals surface area (Å²) >= 11 is 0. The van der Waals surface area contributed by atoms with E-state index in [4.69, 9.17) is 5.11 Å². The van der Waals surface area contributed by atoms with E-state index in [1.807, 2.05) is 7.05 Å². The molecular weight excluding hydrogens is 206 g/mol. The van der Waals surface area contributed by atoms with Gasteiger partial charge in [0.05, 0.1) is 5.41 Å². The second-order valence-electron chi connectivity index (χ2n) is 5.37. The highest BCUT2D eigenvalue weighted by molar-refractivity contribution is 5.79. The Balaban J connectivity index is 2.49. The molecule has 1 fully saturated rings. The van der Waals surface area contributed by atoms with Gasteiger partial charge in [0.1, 0.15) is 5.78 Å². The number of ketones is 1. The summed E-state index contributed by atoms with van der Waals surface area (Å²) in [6.45, 7) is 4.00. The molecule has 1 aliphatic rings. The summed E-state index contributed by atoms with van der Waals surface area (Å²) in [4.78, 5) is 24.2. The number of Topliss-reactive ketones (excluding diaryl/α,β-unsaturated/α-hetero) is 1. The van der Waals surface area contributed by atoms with Crippen molar-refractivity contribution >= 4 is 11.8 Å². The third-order valence-corrected chi connectivity index (χ3v) is 3.36. The molecule has 16 heavy (non-hydrogen) atoms. The average molecular weight is 227 g/mol. The quantitative estimate of drug-likeness (QED) is 0.791. The molecule has 0 heterocycles. The maximum atomic E-state index is 11.1. The van der Waals surface area contributed by atoms with E-state index in [0.29, 0.717) is 31.2 Å². The van der Waals surface area contributed by atoms with Gasteiger partial charge in [-0.25, -0.2) is 0 Å². The van der Waals surface area contributed by atoms with Crippen LogP contribution in [-0.4, -0.2) is 41.4 Å². The lowest BCUT2D eigenvalue weighted by Gasteiger charge is -2.34. The van der Waals surface area contributed by atoms with Gasteiger partial charge in [0, 0.05) is 25.4 Å². The van der Waals surface area contributed by atoms with Crippen molar-refractivity contribution in [3.8, 4) is 0 Å². The fourth-order valence-corrected chi connectivity index (χ4v) is 2.19. The van der Waals surface area contributed by atoms with Crippen LogP contribution >= 0.6 is 0 Å². The summed E-state index contributed by atoms with van der Waals surface area (Å²) in [6.07, 6.45) is 3.01. The standard InChI is InChI=1S/C12H21NO3/c1-12(2,11(15)16)8-13(3)9-4-6-10(14)7-5-9/h9H,4-8H2,1-3H3,(H,15,16). The van der Waals surface area contributed by atoms with Gasteiger partial charge >= 0.3 is 5.97 Å². The van der Waals surface area contributed by atoms with Gasteiger partial charge in [0.25, 0.3) is 0 Å². The number of carbonyl (C=O) groups excluding carboxylic acids is 1. The Hall–Kier alpha value is -0.900. The van der Waals surface area contributed by atoms with Crippen molar-refractivity contribution in [1.29, 1.82) is 0 Å². The van der Waals surface area contributed by atoms with Gasteiger partial charge in [-0.2, -0.15) is 0 Å². The number of carboxylic acid groups (broad SMARTS) is 1. The van der Waals surface area contributed by atoms with Crippen molar-refractivity contribution in [3.05, 3.63) is 0 Å². The molecule has 0 saturated heterocycles. The Morgan fingerprint density at radius 1 is 1.44 bits per heavy atom. The average Bonchev–Trinajstić information content (AvgIpc) is 2.17. The normalized spacial score (nSPS) is 19.1. The van der Waals surface area contributed by atoms with Crippen LogP contribution < -0.4 is 0 Å². The predicted molar refractivity (Wildman–Crippen MR) is 61.3 cm³/mol. The van der Waals surface area contributed by atoms with Crippen LogP contribution in [0.15, 0.2) is 0 Å². The minimum absolute atomic E-state index is 0.335. The lowest BCUT2D eigenvalue weighted by atomic mass is 9.89. The van der Waals surface area contributed by atoms with E-state index < -0.39 is 11.4 Å². The van der Waals surface area contributed by atoms with Crippen LogP contribution in [0.4, 0.5) is 0 Å². The van der Waals surface area contributed by atoms with E-state index in [2.05, 4.69) is 4.90 Å². The molecule has 0 spiro atoms. The molecule has 1 N–H and O–H groups in total. The maximum Gasteiger partial charge on any atom is 0.310 e. The minimum atomic E-state index is -0.772. The number of hydrogen-bond acceptors (Lipinski definition) is 3. The number of hydrogen-bond donors (Lipinski definition) is 1. The van der Waals surface area contributed by atoms with E-state index >= 15 is 0 Å². The van der Waals surface area contributed by atoms with Crippen molar-refractivity contribution in [2.45, 2.75) is 45.6 Å². The zero-order valence-corrected chi connectivity index (χ0v) is 10.3. The van der Waals surface area contributed by atoms with Crippen molar-refractivity contribution in [1.82, 2.24) is 4.90 Å². The number of aliphatic carboxylic acids is 1. The Kier molecular flexibility index (Phi) is 4.08. The zero-order valence-electron chi connectivity index (χ0n) is 10.3. The SMILES string of the molecule is CN(CC(C)(C)C(=O)O)C1CCC(=O)CC1. The molecule has 0 aliphatic heterocycles. The molecule has 0 aromatic carbocycles. The Morgan fingerprint density at radius 2 is 1.94 bits per heavy atom. The first kappa shape index (κ1) is 13.2. The third kappa shape index (κ3) is 3.30. The van der Waals surface area contributed by atoms with E-state index in [0.717, 1.165) is 12.8 Å². The van der Waals surface area contributed by atoms with Crippen molar-refractivity contribution < 1.29 is 14.7 Å². The summed E-state index contributed by atoms with van der Waals surface area (Å²) in [7, 11) is 1.95. The van der Waals surface area contributed by atoms with E-state index in [9.17, 15) is 9.59 Å². The highest BCUT2D eigenvalue weighted by atomic mass is 16.4. The molecule has 1 rings (SSSR count). The van der Waals surface area contributed by atoms with Crippen LogP contribution in [0.25, 0.3) is 0 Å². The summed E-state index contributed by atoms with van der Waals surface area (Å²) in [6, 6.07) is 0.358. The number of carbonyl (C=O) groups is 2. The van der Waals surface area contributed by atoms with Gasteiger partial charge in [-0.05, 0) is 33.7 Å². The van der Waals surface area contributed by atoms with Gasteiger partial charge < -0.3 is 10.0 Å². The van der Waals surface area contributed by atoms with Gasteiger partial charge in [-0.1, -0.05) is 0 Å². The molecule has 0 atom stereocenters. The molecule has 0 bridgehead atoms. The van der Waals surface area contributed by atoms with Gasteiger partial charge in [0.2, 0.25) is 0 Å².